The molecular formula is C24H26O9. The van der Waals surface area contributed by atoms with Crippen LogP contribution in [0.3, 0.4) is 0 Å². The van der Waals surface area contributed by atoms with Crippen molar-refractivity contribution in [3.8, 4) is 28.4 Å². The molecule has 4 rings (SSSR count). The number of benzene rings is 2. The van der Waals surface area contributed by atoms with Gasteiger partial charge in [-0.3, -0.25) is 4.79 Å². The SMILES string of the molecule is COc1ccc(-c2coc3c(C)c(OC4OC(C)C(O)C(O)C4O)cc(OC)c3c2=O)cc1. The van der Waals surface area contributed by atoms with E-state index in [9.17, 15) is 20.1 Å². The quantitative estimate of drug-likeness (QED) is 0.526. The summed E-state index contributed by atoms with van der Waals surface area (Å²) >= 11 is 0. The molecule has 2 aromatic carbocycles. The Balaban J connectivity index is 1.77. The van der Waals surface area contributed by atoms with Crippen molar-refractivity contribution < 1.29 is 38.7 Å². The number of hydrogen-bond donors (Lipinski definition) is 3. The minimum absolute atomic E-state index is 0.216. The fourth-order valence-electron chi connectivity index (χ4n) is 3.87. The molecule has 2 heterocycles. The molecule has 3 aromatic rings. The molecule has 0 spiro atoms. The van der Waals surface area contributed by atoms with Gasteiger partial charge in [-0.1, -0.05) is 12.1 Å². The first kappa shape index (κ1) is 23.1. The highest BCUT2D eigenvalue weighted by Gasteiger charge is 2.43. The van der Waals surface area contributed by atoms with Crippen molar-refractivity contribution in [1.82, 2.24) is 0 Å². The molecule has 3 N–H and O–H groups in total. The maximum absolute atomic E-state index is 13.4. The van der Waals surface area contributed by atoms with Crippen molar-refractivity contribution in [3.05, 3.63) is 52.4 Å². The molecule has 1 fully saturated rings. The number of methoxy groups -OCH3 is 2. The van der Waals surface area contributed by atoms with Gasteiger partial charge in [0.2, 0.25) is 11.7 Å². The zero-order chi connectivity index (χ0) is 23.9. The van der Waals surface area contributed by atoms with Crippen LogP contribution in [0.25, 0.3) is 22.1 Å². The van der Waals surface area contributed by atoms with E-state index >= 15 is 0 Å². The summed E-state index contributed by atoms with van der Waals surface area (Å²) in [5.41, 5.74) is 1.47. The van der Waals surface area contributed by atoms with Gasteiger partial charge in [-0.25, -0.2) is 0 Å². The van der Waals surface area contributed by atoms with Crippen LogP contribution in [0.2, 0.25) is 0 Å². The Labute approximate surface area is 189 Å². The van der Waals surface area contributed by atoms with Crippen LogP contribution in [-0.4, -0.2) is 60.2 Å². The number of aryl methyl sites for hydroxylation is 1. The second kappa shape index (κ2) is 9.03. The molecule has 176 valence electrons. The Bertz CT molecular complexity index is 1200. The van der Waals surface area contributed by atoms with Crippen LogP contribution in [0.5, 0.6) is 17.2 Å². The van der Waals surface area contributed by atoms with E-state index in [1.54, 1.807) is 45.2 Å². The van der Waals surface area contributed by atoms with Crippen LogP contribution < -0.4 is 19.6 Å². The van der Waals surface area contributed by atoms with Gasteiger partial charge in [0.15, 0.2) is 0 Å². The van der Waals surface area contributed by atoms with E-state index in [0.29, 0.717) is 22.4 Å². The molecule has 0 aliphatic carbocycles. The first-order valence-electron chi connectivity index (χ1n) is 10.4. The van der Waals surface area contributed by atoms with Crippen LogP contribution in [0.1, 0.15) is 12.5 Å². The molecule has 9 heteroatoms. The highest BCUT2D eigenvalue weighted by atomic mass is 16.7. The normalized spacial score (nSPS) is 25.1. The highest BCUT2D eigenvalue weighted by Crippen LogP contribution is 2.37. The minimum atomic E-state index is -1.48. The smallest absolute Gasteiger partial charge is 0.229 e. The Morgan fingerprint density at radius 3 is 2.27 bits per heavy atom. The molecular weight excluding hydrogens is 432 g/mol. The van der Waals surface area contributed by atoms with E-state index in [1.807, 2.05) is 0 Å². The van der Waals surface area contributed by atoms with Gasteiger partial charge < -0.3 is 38.7 Å². The molecule has 0 bridgehead atoms. The number of hydrogen-bond acceptors (Lipinski definition) is 9. The molecule has 5 atom stereocenters. The third-order valence-corrected chi connectivity index (χ3v) is 5.88. The lowest BCUT2D eigenvalue weighted by molar-refractivity contribution is -0.268. The van der Waals surface area contributed by atoms with Crippen molar-refractivity contribution in [3.63, 3.8) is 0 Å². The number of rotatable bonds is 5. The Morgan fingerprint density at radius 1 is 0.939 bits per heavy atom. The zero-order valence-corrected chi connectivity index (χ0v) is 18.6. The van der Waals surface area contributed by atoms with Crippen LogP contribution in [0.15, 0.2) is 45.8 Å². The van der Waals surface area contributed by atoms with E-state index in [2.05, 4.69) is 0 Å². The van der Waals surface area contributed by atoms with Gasteiger partial charge in [0, 0.05) is 11.6 Å². The summed E-state index contributed by atoms with van der Waals surface area (Å²) in [5, 5.41) is 30.5. The van der Waals surface area contributed by atoms with Crippen molar-refractivity contribution in [1.29, 1.82) is 0 Å². The lowest BCUT2D eigenvalue weighted by Crippen LogP contribution is -2.58. The van der Waals surface area contributed by atoms with E-state index in [4.69, 9.17) is 23.4 Å². The van der Waals surface area contributed by atoms with E-state index < -0.39 is 30.7 Å². The number of aliphatic hydroxyl groups is 3. The molecule has 5 unspecified atom stereocenters. The van der Waals surface area contributed by atoms with Gasteiger partial charge in [-0.05, 0) is 31.5 Å². The highest BCUT2D eigenvalue weighted by molar-refractivity contribution is 5.91. The number of ether oxygens (including phenoxy) is 4. The summed E-state index contributed by atoms with van der Waals surface area (Å²) in [7, 11) is 2.98. The standard InChI is InChI=1S/C24H26O9/c1-11-16(33-24-22(28)21(27)19(25)12(2)32-24)9-17(30-4)18-20(26)15(10-31-23(11)18)13-5-7-14(29-3)8-6-13/h5-10,12,19,21-22,24-25,27-28H,1-4H3. The molecule has 0 radical (unpaired) electrons. The molecule has 1 aliphatic heterocycles. The molecule has 1 aromatic heterocycles. The van der Waals surface area contributed by atoms with Crippen LogP contribution in [0.4, 0.5) is 0 Å². The topological polar surface area (TPSA) is 128 Å². The molecule has 33 heavy (non-hydrogen) atoms. The lowest BCUT2D eigenvalue weighted by atomic mass is 10.00. The van der Waals surface area contributed by atoms with Crippen LogP contribution in [-0.2, 0) is 4.74 Å². The van der Waals surface area contributed by atoms with Gasteiger partial charge in [0.25, 0.3) is 0 Å². The number of fused-ring (bicyclic) bond motifs is 1. The lowest BCUT2D eigenvalue weighted by Gasteiger charge is -2.39. The maximum atomic E-state index is 13.4. The first-order valence-corrected chi connectivity index (χ1v) is 10.4. The Hall–Kier alpha value is -3.11. The molecule has 0 amide bonds. The second-order valence-electron chi connectivity index (χ2n) is 7.91. The summed E-state index contributed by atoms with van der Waals surface area (Å²) < 4.78 is 27.8. The van der Waals surface area contributed by atoms with Gasteiger partial charge >= 0.3 is 0 Å². The third kappa shape index (κ3) is 4.04. The maximum Gasteiger partial charge on any atom is 0.229 e. The van der Waals surface area contributed by atoms with Crippen molar-refractivity contribution in [2.24, 2.45) is 0 Å². The van der Waals surface area contributed by atoms with Crippen LogP contribution >= 0.6 is 0 Å². The monoisotopic (exact) mass is 458 g/mol. The van der Waals surface area contributed by atoms with Gasteiger partial charge in [0.05, 0.1) is 25.9 Å². The molecule has 9 nitrogen and oxygen atoms in total. The predicted octanol–water partition coefficient (Wildman–Crippen LogP) is 1.99. The minimum Gasteiger partial charge on any atom is -0.497 e. The summed E-state index contributed by atoms with van der Waals surface area (Å²) in [5.74, 6) is 1.12. The fourth-order valence-corrected chi connectivity index (χ4v) is 3.87. The average molecular weight is 458 g/mol. The van der Waals surface area contributed by atoms with Crippen molar-refractivity contribution in [2.75, 3.05) is 14.2 Å². The summed E-state index contributed by atoms with van der Waals surface area (Å²) in [4.78, 5) is 13.4. The van der Waals surface area contributed by atoms with Gasteiger partial charge in [-0.15, -0.1) is 0 Å². The van der Waals surface area contributed by atoms with Crippen molar-refractivity contribution >= 4 is 11.0 Å². The molecule has 1 saturated heterocycles. The molecule has 0 saturated carbocycles. The fraction of sp³-hybridized carbons (Fsp3) is 0.375. The van der Waals surface area contributed by atoms with E-state index in [1.165, 1.54) is 19.4 Å². The van der Waals surface area contributed by atoms with Gasteiger partial charge in [0.1, 0.15) is 52.8 Å². The zero-order valence-electron chi connectivity index (χ0n) is 18.6. The predicted molar refractivity (Wildman–Crippen MR) is 119 cm³/mol. The Kier molecular flexibility index (Phi) is 6.31. The Morgan fingerprint density at radius 2 is 1.64 bits per heavy atom. The third-order valence-electron chi connectivity index (χ3n) is 5.88. The average Bonchev–Trinajstić information content (AvgIpc) is 2.83. The molecule has 1 aliphatic rings. The second-order valence-corrected chi connectivity index (χ2v) is 7.91. The largest absolute Gasteiger partial charge is 0.497 e. The first-order chi connectivity index (χ1) is 15.8. The van der Waals surface area contributed by atoms with Crippen molar-refractivity contribution in [2.45, 2.75) is 44.6 Å². The summed E-state index contributed by atoms with van der Waals surface area (Å²) in [6.45, 7) is 3.25. The number of aliphatic hydroxyl groups excluding tert-OH is 3. The van der Waals surface area contributed by atoms with E-state index in [0.717, 1.165) is 0 Å². The van der Waals surface area contributed by atoms with Gasteiger partial charge in [-0.2, -0.15) is 0 Å². The summed E-state index contributed by atoms with van der Waals surface area (Å²) in [6, 6.07) is 8.53. The van der Waals surface area contributed by atoms with E-state index in [-0.39, 0.29) is 27.9 Å². The summed E-state index contributed by atoms with van der Waals surface area (Å²) in [6.07, 6.45) is -4.81. The van der Waals surface area contributed by atoms with Crippen LogP contribution in [0, 0.1) is 6.92 Å².